The average molecular weight is 372 g/mol. The Hall–Kier alpha value is -3.03. The molecule has 8 heteroatoms. The second-order valence-corrected chi connectivity index (χ2v) is 6.87. The Morgan fingerprint density at radius 2 is 2.11 bits per heavy atom. The van der Waals surface area contributed by atoms with Gasteiger partial charge in [0.1, 0.15) is 5.54 Å². The number of piperidine rings is 1. The molecule has 4 rings (SSSR count). The predicted molar refractivity (Wildman–Crippen MR) is 93.6 cm³/mol. The molecule has 0 bridgehead atoms. The molecule has 6 nitrogen and oxygen atoms in total. The molecule has 27 heavy (non-hydrogen) atoms. The number of hydrogen-bond acceptors (Lipinski definition) is 3. The summed E-state index contributed by atoms with van der Waals surface area (Å²) in [7, 11) is 0. The van der Waals surface area contributed by atoms with E-state index in [-0.39, 0.29) is 17.5 Å². The minimum absolute atomic E-state index is 0.127. The summed E-state index contributed by atoms with van der Waals surface area (Å²) in [6.07, 6.45) is 4.68. The smallest absolute Gasteiger partial charge is 0.322 e. The molecule has 1 saturated heterocycles. The number of benzene rings is 1. The van der Waals surface area contributed by atoms with Gasteiger partial charge in [0.15, 0.2) is 11.6 Å². The van der Waals surface area contributed by atoms with Gasteiger partial charge in [-0.25, -0.2) is 13.6 Å². The maximum atomic E-state index is 13.3. The van der Waals surface area contributed by atoms with Crippen LogP contribution in [0.15, 0.2) is 42.7 Å². The van der Waals surface area contributed by atoms with Crippen molar-refractivity contribution in [2.24, 2.45) is 5.92 Å². The van der Waals surface area contributed by atoms with Crippen LogP contribution in [0.1, 0.15) is 18.4 Å². The Bertz CT molecular complexity index is 893. The number of amides is 3. The fourth-order valence-electron chi connectivity index (χ4n) is 3.76. The van der Waals surface area contributed by atoms with Gasteiger partial charge in [-0.05, 0) is 42.5 Å². The van der Waals surface area contributed by atoms with Gasteiger partial charge in [-0.15, -0.1) is 0 Å². The largest absolute Gasteiger partial charge is 0.350 e. The molecule has 1 saturated carbocycles. The molecule has 2 aliphatic rings. The zero-order valence-corrected chi connectivity index (χ0v) is 14.4. The number of likely N-dealkylation sites (tertiary alicyclic amines) is 1. The molecule has 2 aromatic rings. The van der Waals surface area contributed by atoms with E-state index in [1.807, 2.05) is 6.07 Å². The summed E-state index contributed by atoms with van der Waals surface area (Å²) in [6.45, 7) is 0.778. The number of urea groups is 1. The van der Waals surface area contributed by atoms with E-state index in [1.54, 1.807) is 18.5 Å². The number of pyridine rings is 1. The summed E-state index contributed by atoms with van der Waals surface area (Å²) in [5.74, 6) is -2.10. The van der Waals surface area contributed by atoms with E-state index in [0.29, 0.717) is 19.5 Å². The summed E-state index contributed by atoms with van der Waals surface area (Å²) < 4.78 is 26.4. The number of hydrogen-bond donors (Lipinski definition) is 2. The molecule has 2 heterocycles. The Kier molecular flexibility index (Phi) is 4.25. The predicted octanol–water partition coefficient (Wildman–Crippen LogP) is 2.67. The van der Waals surface area contributed by atoms with Crippen molar-refractivity contribution < 1.29 is 18.4 Å². The Morgan fingerprint density at radius 1 is 1.26 bits per heavy atom. The lowest BCUT2D eigenvalue weighted by Gasteiger charge is -2.27. The summed E-state index contributed by atoms with van der Waals surface area (Å²) >= 11 is 0. The van der Waals surface area contributed by atoms with Crippen LogP contribution in [0.25, 0.3) is 0 Å². The number of halogens is 2. The third-order valence-corrected chi connectivity index (χ3v) is 5.24. The molecule has 2 unspecified atom stereocenters. The van der Waals surface area contributed by atoms with Gasteiger partial charge in [0.2, 0.25) is 5.91 Å². The molecule has 2 atom stereocenters. The van der Waals surface area contributed by atoms with Crippen molar-refractivity contribution in [3.05, 3.63) is 59.9 Å². The van der Waals surface area contributed by atoms with E-state index in [0.717, 1.165) is 24.1 Å². The zero-order chi connectivity index (χ0) is 19.0. The molecule has 0 radical (unpaired) electrons. The molecule has 1 aromatic heterocycles. The number of carbonyl (C=O) groups excluding carboxylic acids is 2. The quantitative estimate of drug-likeness (QED) is 0.867. The second-order valence-electron chi connectivity index (χ2n) is 6.87. The monoisotopic (exact) mass is 372 g/mol. The average Bonchev–Trinajstić information content (AvgIpc) is 3.28. The van der Waals surface area contributed by atoms with Crippen LogP contribution in [0, 0.1) is 17.6 Å². The minimum Gasteiger partial charge on any atom is -0.350 e. The molecular formula is C19H18F2N4O2. The van der Waals surface area contributed by atoms with Crippen LogP contribution in [0.4, 0.5) is 19.3 Å². The number of aromatic nitrogens is 1. The number of nitrogens with zero attached hydrogens (tertiary/aromatic N) is 2. The lowest BCUT2D eigenvalue weighted by molar-refractivity contribution is -0.126. The summed E-state index contributed by atoms with van der Waals surface area (Å²) in [5.41, 5.74) is 0.161. The topological polar surface area (TPSA) is 74.3 Å². The molecule has 1 aliphatic carbocycles. The highest BCUT2D eigenvalue weighted by Crippen LogP contribution is 2.55. The molecule has 140 valence electrons. The first kappa shape index (κ1) is 17.4. The third kappa shape index (κ3) is 3.11. The van der Waals surface area contributed by atoms with Crippen LogP contribution in [0.5, 0.6) is 0 Å². The van der Waals surface area contributed by atoms with Crippen molar-refractivity contribution in [2.75, 3.05) is 11.9 Å². The second kappa shape index (κ2) is 6.61. The van der Waals surface area contributed by atoms with Crippen molar-refractivity contribution >= 4 is 17.6 Å². The Balaban J connectivity index is 1.44. The summed E-state index contributed by atoms with van der Waals surface area (Å²) in [6, 6.07) is 6.31. The third-order valence-electron chi connectivity index (χ3n) is 5.24. The van der Waals surface area contributed by atoms with Crippen LogP contribution < -0.4 is 10.6 Å². The number of carbonyl (C=O) groups is 2. The number of fused-ring (bicyclic) bond motifs is 1. The van der Waals surface area contributed by atoms with Gasteiger partial charge in [0.25, 0.3) is 0 Å². The van der Waals surface area contributed by atoms with E-state index in [4.69, 9.17) is 0 Å². The summed E-state index contributed by atoms with van der Waals surface area (Å²) in [5, 5.41) is 5.43. The first-order valence-corrected chi connectivity index (χ1v) is 8.71. The van der Waals surface area contributed by atoms with E-state index in [9.17, 15) is 18.4 Å². The van der Waals surface area contributed by atoms with Crippen LogP contribution in [-0.2, 0) is 11.3 Å². The SMILES string of the molecule is O=C(Nc1ccc(F)c(F)c1)N1CCC2CC21C(=O)NCc1cccnc1. The van der Waals surface area contributed by atoms with E-state index >= 15 is 0 Å². The number of anilines is 1. The van der Waals surface area contributed by atoms with Gasteiger partial charge >= 0.3 is 6.03 Å². The molecule has 2 N–H and O–H groups in total. The number of rotatable bonds is 4. The van der Waals surface area contributed by atoms with Crippen LogP contribution >= 0.6 is 0 Å². The standard InChI is InChI=1S/C19H18F2N4O2/c20-15-4-3-14(8-16(15)21)24-18(27)25-7-5-13-9-19(13,25)17(26)23-11-12-2-1-6-22-10-12/h1-4,6,8,10,13H,5,7,9,11H2,(H,23,26)(H,24,27). The van der Waals surface area contributed by atoms with Crippen molar-refractivity contribution in [3.63, 3.8) is 0 Å². The molecule has 3 amide bonds. The summed E-state index contributed by atoms with van der Waals surface area (Å²) in [4.78, 5) is 30.9. The molecule has 1 aromatic carbocycles. The highest BCUT2D eigenvalue weighted by atomic mass is 19.2. The van der Waals surface area contributed by atoms with E-state index in [2.05, 4.69) is 15.6 Å². The van der Waals surface area contributed by atoms with Crippen molar-refractivity contribution in [1.29, 1.82) is 0 Å². The minimum atomic E-state index is -1.04. The van der Waals surface area contributed by atoms with Gasteiger partial charge in [0.05, 0.1) is 0 Å². The van der Waals surface area contributed by atoms with Crippen molar-refractivity contribution in [3.8, 4) is 0 Å². The Labute approximate surface area is 154 Å². The normalized spacial score (nSPS) is 22.9. The Morgan fingerprint density at radius 3 is 2.81 bits per heavy atom. The fourth-order valence-corrected chi connectivity index (χ4v) is 3.76. The van der Waals surface area contributed by atoms with Crippen LogP contribution in [-0.4, -0.2) is 33.9 Å². The lowest BCUT2D eigenvalue weighted by Crippen LogP contribution is -2.51. The first-order chi connectivity index (χ1) is 13.0. The van der Waals surface area contributed by atoms with Crippen molar-refractivity contribution in [2.45, 2.75) is 24.9 Å². The van der Waals surface area contributed by atoms with Gasteiger partial charge in [0, 0.05) is 37.2 Å². The molecule has 2 fully saturated rings. The van der Waals surface area contributed by atoms with Gasteiger partial charge in [-0.2, -0.15) is 0 Å². The first-order valence-electron chi connectivity index (χ1n) is 8.71. The van der Waals surface area contributed by atoms with Crippen molar-refractivity contribution in [1.82, 2.24) is 15.2 Å². The maximum absolute atomic E-state index is 13.3. The van der Waals surface area contributed by atoms with Crippen LogP contribution in [0.3, 0.4) is 0 Å². The van der Waals surface area contributed by atoms with E-state index in [1.165, 1.54) is 11.0 Å². The highest BCUT2D eigenvalue weighted by molar-refractivity contribution is 5.99. The van der Waals surface area contributed by atoms with Gasteiger partial charge in [-0.1, -0.05) is 6.07 Å². The van der Waals surface area contributed by atoms with Gasteiger partial charge < -0.3 is 15.5 Å². The maximum Gasteiger partial charge on any atom is 0.322 e. The molecule has 1 aliphatic heterocycles. The molecular weight excluding hydrogens is 354 g/mol. The fraction of sp³-hybridized carbons (Fsp3) is 0.316. The molecule has 0 spiro atoms. The number of nitrogens with one attached hydrogen (secondary N) is 2. The van der Waals surface area contributed by atoms with E-state index < -0.39 is 23.2 Å². The zero-order valence-electron chi connectivity index (χ0n) is 14.4. The highest BCUT2D eigenvalue weighted by Gasteiger charge is 2.68. The lowest BCUT2D eigenvalue weighted by atomic mass is 10.2. The van der Waals surface area contributed by atoms with Crippen LogP contribution in [0.2, 0.25) is 0 Å². The van der Waals surface area contributed by atoms with Gasteiger partial charge in [-0.3, -0.25) is 9.78 Å².